The van der Waals surface area contributed by atoms with E-state index in [9.17, 15) is 0 Å². The fourth-order valence-corrected chi connectivity index (χ4v) is 4.95. The molecule has 1 aliphatic rings. The Kier molecular flexibility index (Phi) is 5.61. The van der Waals surface area contributed by atoms with E-state index in [4.69, 9.17) is 33.2 Å². The first-order valence-corrected chi connectivity index (χ1v) is 11.5. The fourth-order valence-electron chi connectivity index (χ4n) is 3.83. The van der Waals surface area contributed by atoms with Crippen LogP contribution in [0, 0.1) is 0 Å². The average Bonchev–Trinajstić information content (AvgIpc) is 3.31. The van der Waals surface area contributed by atoms with Gasteiger partial charge in [0.2, 0.25) is 0 Å². The maximum atomic E-state index is 6.37. The Hall–Kier alpha value is -2.18. The molecule has 0 spiro atoms. The summed E-state index contributed by atoms with van der Waals surface area (Å²) in [5, 5.41) is 4.57. The van der Waals surface area contributed by atoms with Crippen LogP contribution in [0.3, 0.4) is 0 Å². The molecule has 2 aromatic carbocycles. The number of rotatable bonds is 4. The minimum Gasteiger partial charge on any atom is -0.353 e. The lowest BCUT2D eigenvalue weighted by atomic mass is 10.1. The summed E-state index contributed by atoms with van der Waals surface area (Å²) in [5.41, 5.74) is 2.10. The van der Waals surface area contributed by atoms with Gasteiger partial charge in [0.25, 0.3) is 0 Å². The van der Waals surface area contributed by atoms with Gasteiger partial charge in [0.1, 0.15) is 5.82 Å². The van der Waals surface area contributed by atoms with Crippen molar-refractivity contribution in [1.29, 1.82) is 0 Å². The van der Waals surface area contributed by atoms with E-state index in [2.05, 4.69) is 39.4 Å². The zero-order valence-corrected chi connectivity index (χ0v) is 18.6. The van der Waals surface area contributed by atoms with Crippen molar-refractivity contribution in [1.82, 2.24) is 14.9 Å². The van der Waals surface area contributed by atoms with E-state index in [1.54, 1.807) is 11.3 Å². The second kappa shape index (κ2) is 8.52. The Morgan fingerprint density at radius 3 is 2.50 bits per heavy atom. The summed E-state index contributed by atoms with van der Waals surface area (Å²) in [6.45, 7) is 4.55. The molecule has 0 bridgehead atoms. The smallest absolute Gasteiger partial charge is 0.172 e. The molecule has 1 fully saturated rings. The number of nitrogens with zero attached hydrogens (tertiary/aromatic N) is 4. The molecule has 2 aromatic heterocycles. The maximum Gasteiger partial charge on any atom is 0.172 e. The highest BCUT2D eigenvalue weighted by molar-refractivity contribution is 7.13. The third kappa shape index (κ3) is 4.03. The van der Waals surface area contributed by atoms with E-state index in [-0.39, 0.29) is 0 Å². The largest absolute Gasteiger partial charge is 0.353 e. The molecule has 0 unspecified atom stereocenters. The Bertz CT molecular complexity index is 1170. The van der Waals surface area contributed by atoms with Crippen molar-refractivity contribution in [3.05, 3.63) is 75.6 Å². The van der Waals surface area contributed by atoms with Crippen LogP contribution >= 0.6 is 34.5 Å². The molecule has 7 heteroatoms. The molecular weight excluding hydrogens is 435 g/mol. The maximum absolute atomic E-state index is 6.37. The number of anilines is 1. The van der Waals surface area contributed by atoms with Gasteiger partial charge in [0.15, 0.2) is 5.82 Å². The van der Waals surface area contributed by atoms with Gasteiger partial charge in [0, 0.05) is 48.2 Å². The highest BCUT2D eigenvalue weighted by atomic mass is 35.5. The van der Waals surface area contributed by atoms with Gasteiger partial charge in [0.05, 0.1) is 10.4 Å². The zero-order valence-electron chi connectivity index (χ0n) is 16.3. The molecule has 0 amide bonds. The number of benzene rings is 2. The molecule has 0 saturated carbocycles. The summed E-state index contributed by atoms with van der Waals surface area (Å²) >= 11 is 14.1. The minimum atomic E-state index is 0.672. The van der Waals surface area contributed by atoms with Crippen LogP contribution in [0.1, 0.15) is 5.56 Å². The summed E-state index contributed by atoms with van der Waals surface area (Å²) in [6.07, 6.45) is 0. The molecule has 3 heterocycles. The molecule has 4 aromatic rings. The van der Waals surface area contributed by atoms with Crippen molar-refractivity contribution in [2.24, 2.45) is 0 Å². The molecule has 5 rings (SSSR count). The highest BCUT2D eigenvalue weighted by Crippen LogP contribution is 2.30. The Morgan fingerprint density at radius 2 is 1.73 bits per heavy atom. The normalized spacial score (nSPS) is 15.1. The summed E-state index contributed by atoms with van der Waals surface area (Å²) < 4.78 is 0. The second-order valence-electron chi connectivity index (χ2n) is 7.36. The fraction of sp³-hybridized carbons (Fsp3) is 0.217. The van der Waals surface area contributed by atoms with Gasteiger partial charge in [-0.15, -0.1) is 11.3 Å². The van der Waals surface area contributed by atoms with Crippen molar-refractivity contribution in [2.75, 3.05) is 31.1 Å². The zero-order chi connectivity index (χ0) is 20.5. The van der Waals surface area contributed by atoms with Gasteiger partial charge in [-0.2, -0.15) is 0 Å². The number of aromatic nitrogens is 2. The highest BCUT2D eigenvalue weighted by Gasteiger charge is 2.22. The second-order valence-corrected chi connectivity index (χ2v) is 9.16. The van der Waals surface area contributed by atoms with Crippen LogP contribution in [-0.2, 0) is 6.54 Å². The summed E-state index contributed by atoms with van der Waals surface area (Å²) in [7, 11) is 0. The number of thiophene rings is 1. The number of hydrogen-bond acceptors (Lipinski definition) is 5. The molecular formula is C23H20Cl2N4S. The predicted octanol–water partition coefficient (Wildman–Crippen LogP) is 5.99. The molecule has 0 aliphatic carbocycles. The Labute approximate surface area is 189 Å². The molecule has 0 atom stereocenters. The lowest BCUT2D eigenvalue weighted by Crippen LogP contribution is -2.46. The third-order valence-corrected chi connectivity index (χ3v) is 6.86. The van der Waals surface area contributed by atoms with Crippen LogP contribution in [-0.4, -0.2) is 41.0 Å². The SMILES string of the molecule is Clc1ccc(CN2CCN(c3nc(-c4cccs4)nc4ccccc34)CC2)c(Cl)c1. The van der Waals surface area contributed by atoms with E-state index in [1.807, 2.05) is 30.3 Å². The van der Waals surface area contributed by atoms with Crippen LogP contribution < -0.4 is 4.90 Å². The van der Waals surface area contributed by atoms with E-state index < -0.39 is 0 Å². The van der Waals surface area contributed by atoms with Gasteiger partial charge in [-0.05, 0) is 41.3 Å². The molecule has 0 N–H and O–H groups in total. The van der Waals surface area contributed by atoms with Gasteiger partial charge in [-0.1, -0.05) is 47.5 Å². The van der Waals surface area contributed by atoms with Crippen molar-refractivity contribution in [3.63, 3.8) is 0 Å². The van der Waals surface area contributed by atoms with Gasteiger partial charge in [-0.3, -0.25) is 4.90 Å². The van der Waals surface area contributed by atoms with Gasteiger partial charge >= 0.3 is 0 Å². The number of para-hydroxylation sites is 1. The summed E-state index contributed by atoms with van der Waals surface area (Å²) in [6, 6.07) is 18.1. The van der Waals surface area contributed by atoms with Crippen LogP contribution in [0.25, 0.3) is 21.6 Å². The molecule has 152 valence electrons. The van der Waals surface area contributed by atoms with Crippen molar-refractivity contribution >= 4 is 51.3 Å². The molecule has 1 saturated heterocycles. The number of piperazine rings is 1. The number of halogens is 2. The average molecular weight is 455 g/mol. The predicted molar refractivity (Wildman–Crippen MR) is 127 cm³/mol. The lowest BCUT2D eigenvalue weighted by molar-refractivity contribution is 0.249. The topological polar surface area (TPSA) is 32.3 Å². The van der Waals surface area contributed by atoms with Crippen molar-refractivity contribution < 1.29 is 0 Å². The monoisotopic (exact) mass is 454 g/mol. The molecule has 1 aliphatic heterocycles. The quantitative estimate of drug-likeness (QED) is 0.379. The van der Waals surface area contributed by atoms with Crippen LogP contribution in [0.15, 0.2) is 60.0 Å². The minimum absolute atomic E-state index is 0.672. The lowest BCUT2D eigenvalue weighted by Gasteiger charge is -2.36. The third-order valence-electron chi connectivity index (χ3n) is 5.41. The van der Waals surface area contributed by atoms with Crippen molar-refractivity contribution in [3.8, 4) is 10.7 Å². The molecule has 0 radical (unpaired) electrons. The molecule has 4 nitrogen and oxygen atoms in total. The van der Waals surface area contributed by atoms with Gasteiger partial charge < -0.3 is 4.90 Å². The van der Waals surface area contributed by atoms with Gasteiger partial charge in [-0.25, -0.2) is 9.97 Å². The Balaban J connectivity index is 1.38. The standard InChI is InChI=1S/C23H20Cl2N4S/c24-17-8-7-16(19(25)14-17)15-28-9-11-29(12-10-28)23-18-4-1-2-5-20(18)26-22(27-23)21-6-3-13-30-21/h1-8,13-14H,9-12,15H2. The Morgan fingerprint density at radius 1 is 0.900 bits per heavy atom. The van der Waals surface area contributed by atoms with Crippen molar-refractivity contribution in [2.45, 2.75) is 6.54 Å². The number of hydrogen-bond donors (Lipinski definition) is 0. The van der Waals surface area contributed by atoms with E-state index in [0.29, 0.717) is 5.02 Å². The van der Waals surface area contributed by atoms with E-state index >= 15 is 0 Å². The van der Waals surface area contributed by atoms with Crippen LogP contribution in [0.5, 0.6) is 0 Å². The first kappa shape index (κ1) is 19.8. The molecule has 30 heavy (non-hydrogen) atoms. The van der Waals surface area contributed by atoms with E-state index in [0.717, 1.165) is 70.7 Å². The van der Waals surface area contributed by atoms with Crippen LogP contribution in [0.4, 0.5) is 5.82 Å². The number of fused-ring (bicyclic) bond motifs is 1. The first-order chi connectivity index (χ1) is 14.7. The summed E-state index contributed by atoms with van der Waals surface area (Å²) in [5.74, 6) is 1.82. The first-order valence-electron chi connectivity index (χ1n) is 9.89. The van der Waals surface area contributed by atoms with Crippen LogP contribution in [0.2, 0.25) is 10.0 Å². The van der Waals surface area contributed by atoms with E-state index in [1.165, 1.54) is 0 Å². The summed E-state index contributed by atoms with van der Waals surface area (Å²) in [4.78, 5) is 15.7.